The fourth-order valence-electron chi connectivity index (χ4n) is 6.00. The summed E-state index contributed by atoms with van der Waals surface area (Å²) in [5, 5.41) is 1.11. The van der Waals surface area contributed by atoms with E-state index in [1.54, 1.807) is 0 Å². The first-order chi connectivity index (χ1) is 13.8. The molecule has 0 spiro atoms. The smallest absolute Gasteiger partial charge is 0.254 e. The van der Waals surface area contributed by atoms with E-state index in [9.17, 15) is 4.79 Å². The maximum absolute atomic E-state index is 13.6. The molecule has 2 bridgehead atoms. The summed E-state index contributed by atoms with van der Waals surface area (Å²) in [6, 6.07) is 19.7. The van der Waals surface area contributed by atoms with Crippen LogP contribution in [0.15, 0.2) is 60.8 Å². The van der Waals surface area contributed by atoms with Gasteiger partial charge in [0.1, 0.15) is 0 Å². The first kappa shape index (κ1) is 16.4. The molecule has 2 aromatic carbocycles. The number of piperidine rings is 3. The van der Waals surface area contributed by atoms with E-state index in [1.165, 1.54) is 31.5 Å². The van der Waals surface area contributed by atoms with Gasteiger partial charge in [0.25, 0.3) is 5.91 Å². The highest BCUT2D eigenvalue weighted by atomic mass is 16.2. The third-order valence-electron chi connectivity index (χ3n) is 7.28. The van der Waals surface area contributed by atoms with Gasteiger partial charge in [0.2, 0.25) is 0 Å². The van der Waals surface area contributed by atoms with Gasteiger partial charge in [-0.3, -0.25) is 9.69 Å². The number of nitrogens with one attached hydrogen (secondary N) is 1. The molecule has 3 aromatic rings. The maximum atomic E-state index is 13.6. The Hall–Kier alpha value is -2.59. The normalized spacial score (nSPS) is 31.3. The highest BCUT2D eigenvalue weighted by molar-refractivity contribution is 5.98. The monoisotopic (exact) mass is 371 g/mol. The molecular formula is C24H25N3O. The lowest BCUT2D eigenvalue weighted by molar-refractivity contribution is -0.00340. The van der Waals surface area contributed by atoms with Crippen molar-refractivity contribution < 1.29 is 4.79 Å². The van der Waals surface area contributed by atoms with Gasteiger partial charge in [0.15, 0.2) is 0 Å². The first-order valence-electron chi connectivity index (χ1n) is 10.5. The van der Waals surface area contributed by atoms with Gasteiger partial charge in [-0.05, 0) is 61.7 Å². The number of fused-ring (bicyclic) bond motifs is 3. The minimum Gasteiger partial charge on any atom is -0.361 e. The minimum absolute atomic E-state index is 0.199. The Labute approximate surface area is 165 Å². The van der Waals surface area contributed by atoms with Crippen molar-refractivity contribution in [3.63, 3.8) is 0 Å². The van der Waals surface area contributed by atoms with Gasteiger partial charge in [-0.25, -0.2) is 0 Å². The van der Waals surface area contributed by atoms with Gasteiger partial charge in [0.05, 0.1) is 6.04 Å². The van der Waals surface area contributed by atoms with Gasteiger partial charge in [-0.1, -0.05) is 30.3 Å². The molecule has 0 radical (unpaired) electrons. The fraction of sp³-hybridized carbons (Fsp3) is 0.375. The molecule has 4 aliphatic heterocycles. The molecule has 142 valence electrons. The Bertz CT molecular complexity index is 1020. The van der Waals surface area contributed by atoms with E-state index in [0.717, 1.165) is 23.0 Å². The van der Waals surface area contributed by atoms with Crippen molar-refractivity contribution in [1.82, 2.24) is 14.8 Å². The summed E-state index contributed by atoms with van der Waals surface area (Å²) in [6.45, 7) is 3.20. The number of amides is 1. The molecule has 4 nitrogen and oxygen atoms in total. The number of hydrogen-bond donors (Lipinski definition) is 1. The maximum Gasteiger partial charge on any atom is 0.254 e. The third-order valence-corrected chi connectivity index (χ3v) is 7.28. The van der Waals surface area contributed by atoms with Crippen LogP contribution in [0, 0.1) is 5.92 Å². The predicted molar refractivity (Wildman–Crippen MR) is 110 cm³/mol. The van der Waals surface area contributed by atoms with Crippen LogP contribution in [0.25, 0.3) is 10.9 Å². The topological polar surface area (TPSA) is 39.3 Å². The first-order valence-corrected chi connectivity index (χ1v) is 10.5. The van der Waals surface area contributed by atoms with E-state index in [1.807, 2.05) is 30.5 Å². The van der Waals surface area contributed by atoms with Crippen molar-refractivity contribution in [2.45, 2.75) is 30.8 Å². The van der Waals surface area contributed by atoms with Gasteiger partial charge in [-0.15, -0.1) is 0 Å². The largest absolute Gasteiger partial charge is 0.361 e. The Balaban J connectivity index is 1.39. The zero-order valence-electron chi connectivity index (χ0n) is 15.9. The molecule has 0 unspecified atom stereocenters. The molecule has 1 N–H and O–H groups in total. The molecule has 7 rings (SSSR count). The molecule has 4 fully saturated rings. The minimum atomic E-state index is 0.199. The molecule has 0 saturated carbocycles. The molecule has 1 amide bonds. The summed E-state index contributed by atoms with van der Waals surface area (Å²) < 4.78 is 0. The molecule has 4 aliphatic rings. The standard InChI is InChI=1S/C24H25N3O/c28-24(19-6-7-21-18(14-19)8-11-25-21)27-15-20(16-4-2-1-3-5-16)23-22(27)17-9-12-26(23)13-10-17/h1-8,11,14,17,20,22-23,25H,9-10,12-13,15H2/t20-,22-,23-/m1/s1. The van der Waals surface area contributed by atoms with Crippen molar-refractivity contribution in [2.75, 3.05) is 19.6 Å². The second kappa shape index (κ2) is 6.21. The Morgan fingerprint density at radius 2 is 1.79 bits per heavy atom. The molecule has 3 atom stereocenters. The Kier molecular flexibility index (Phi) is 3.63. The number of hydrogen-bond acceptors (Lipinski definition) is 2. The highest BCUT2D eigenvalue weighted by Crippen LogP contribution is 2.46. The number of carbonyl (C=O) groups is 1. The average molecular weight is 371 g/mol. The van der Waals surface area contributed by atoms with Crippen LogP contribution in [0.2, 0.25) is 0 Å². The predicted octanol–water partition coefficient (Wildman–Crippen LogP) is 3.87. The number of H-pyrrole nitrogens is 1. The average Bonchev–Trinajstić information content (AvgIpc) is 3.40. The van der Waals surface area contributed by atoms with Crippen molar-refractivity contribution in [3.05, 3.63) is 71.9 Å². The Morgan fingerprint density at radius 1 is 0.964 bits per heavy atom. The lowest BCUT2D eigenvalue weighted by atomic mass is 9.75. The van der Waals surface area contributed by atoms with E-state index in [-0.39, 0.29) is 5.91 Å². The molecule has 28 heavy (non-hydrogen) atoms. The summed E-state index contributed by atoms with van der Waals surface area (Å²) in [5.74, 6) is 1.25. The van der Waals surface area contributed by atoms with E-state index in [0.29, 0.717) is 23.9 Å². The van der Waals surface area contributed by atoms with Crippen LogP contribution in [-0.4, -0.2) is 52.4 Å². The van der Waals surface area contributed by atoms with Crippen LogP contribution in [0.4, 0.5) is 0 Å². The van der Waals surface area contributed by atoms with Crippen molar-refractivity contribution in [3.8, 4) is 0 Å². The molecule has 4 heteroatoms. The van der Waals surface area contributed by atoms with Gasteiger partial charge in [0, 0.05) is 41.2 Å². The van der Waals surface area contributed by atoms with Crippen LogP contribution in [0.3, 0.4) is 0 Å². The van der Waals surface area contributed by atoms with Crippen LogP contribution < -0.4 is 0 Å². The molecular weight excluding hydrogens is 346 g/mol. The summed E-state index contributed by atoms with van der Waals surface area (Å²) in [6.07, 6.45) is 4.39. The molecule has 5 heterocycles. The third kappa shape index (κ3) is 2.37. The van der Waals surface area contributed by atoms with Crippen molar-refractivity contribution >= 4 is 16.8 Å². The van der Waals surface area contributed by atoms with Crippen LogP contribution in [0.1, 0.15) is 34.7 Å². The number of aromatic amines is 1. The van der Waals surface area contributed by atoms with Crippen molar-refractivity contribution in [1.29, 1.82) is 0 Å². The zero-order valence-corrected chi connectivity index (χ0v) is 15.9. The number of likely N-dealkylation sites (tertiary alicyclic amines) is 1. The summed E-state index contributed by atoms with van der Waals surface area (Å²) >= 11 is 0. The second-order valence-corrected chi connectivity index (χ2v) is 8.61. The number of rotatable bonds is 2. The molecule has 1 aromatic heterocycles. The summed E-state index contributed by atoms with van der Waals surface area (Å²) in [4.78, 5) is 21.7. The van der Waals surface area contributed by atoms with E-state index >= 15 is 0 Å². The van der Waals surface area contributed by atoms with Gasteiger partial charge >= 0.3 is 0 Å². The van der Waals surface area contributed by atoms with Gasteiger partial charge in [-0.2, -0.15) is 0 Å². The Morgan fingerprint density at radius 3 is 2.61 bits per heavy atom. The van der Waals surface area contributed by atoms with Gasteiger partial charge < -0.3 is 9.88 Å². The molecule has 0 aliphatic carbocycles. The number of nitrogens with zero attached hydrogens (tertiary/aromatic N) is 2. The summed E-state index contributed by atoms with van der Waals surface area (Å²) in [7, 11) is 0. The van der Waals surface area contributed by atoms with E-state index in [4.69, 9.17) is 0 Å². The number of aromatic nitrogens is 1. The quantitative estimate of drug-likeness (QED) is 0.743. The lowest BCUT2D eigenvalue weighted by Crippen LogP contribution is -2.60. The summed E-state index contributed by atoms with van der Waals surface area (Å²) in [5.41, 5.74) is 3.28. The highest BCUT2D eigenvalue weighted by Gasteiger charge is 2.54. The molecule has 4 saturated heterocycles. The number of carbonyl (C=O) groups excluding carboxylic acids is 1. The lowest BCUT2D eigenvalue weighted by Gasteiger charge is -2.51. The van der Waals surface area contributed by atoms with Crippen LogP contribution in [0.5, 0.6) is 0 Å². The fourth-order valence-corrected chi connectivity index (χ4v) is 6.00. The van der Waals surface area contributed by atoms with E-state index in [2.05, 4.69) is 45.1 Å². The van der Waals surface area contributed by atoms with E-state index < -0.39 is 0 Å². The van der Waals surface area contributed by atoms with Crippen LogP contribution in [-0.2, 0) is 0 Å². The number of benzene rings is 2. The zero-order chi connectivity index (χ0) is 18.7. The van der Waals surface area contributed by atoms with Crippen LogP contribution >= 0.6 is 0 Å². The second-order valence-electron chi connectivity index (χ2n) is 8.61. The van der Waals surface area contributed by atoms with Crippen molar-refractivity contribution in [2.24, 2.45) is 5.92 Å². The SMILES string of the molecule is O=C(c1ccc2[nH]ccc2c1)N1C[C@H](c2ccccc2)[C@@H]2[C@H]1C1CCN2CC1.